The molecule has 0 heterocycles. The Bertz CT molecular complexity index is 730. The number of anilines is 1. The normalized spacial score (nSPS) is 11.5. The van der Waals surface area contributed by atoms with E-state index in [2.05, 4.69) is 5.32 Å². The molecule has 1 atom stereocenters. The van der Waals surface area contributed by atoms with Crippen LogP contribution in [-0.2, 0) is 9.53 Å². The van der Waals surface area contributed by atoms with Crippen LogP contribution in [0.1, 0.15) is 24.2 Å². The molecule has 2 aromatic carbocycles. The molecule has 1 amide bonds. The Kier molecular flexibility index (Phi) is 6.89. The summed E-state index contributed by atoms with van der Waals surface area (Å²) in [5.41, 5.74) is 0.799. The quantitative estimate of drug-likeness (QED) is 0.598. The maximum absolute atomic E-state index is 12.5. The van der Waals surface area contributed by atoms with Gasteiger partial charge in [0.15, 0.2) is 0 Å². The maximum Gasteiger partial charge on any atom is 0.340 e. The van der Waals surface area contributed by atoms with E-state index in [-0.39, 0.29) is 17.8 Å². The first kappa shape index (κ1) is 18.9. The summed E-state index contributed by atoms with van der Waals surface area (Å²) in [6, 6.07) is 14.3. The fraction of sp³-hybridized carbons (Fsp3) is 0.263. The molecule has 0 radical (unpaired) electrons. The molecular formula is C19H21NO4S. The molecule has 0 aromatic heterocycles. The van der Waals surface area contributed by atoms with Crippen LogP contribution >= 0.6 is 11.8 Å². The number of methoxy groups -OCH3 is 1. The molecule has 0 aliphatic rings. The monoisotopic (exact) mass is 359 g/mol. The lowest BCUT2D eigenvalue weighted by Gasteiger charge is -2.14. The van der Waals surface area contributed by atoms with E-state index in [9.17, 15) is 9.59 Å². The van der Waals surface area contributed by atoms with Crippen LogP contribution < -0.4 is 10.1 Å². The first-order valence-corrected chi connectivity index (χ1v) is 8.80. The van der Waals surface area contributed by atoms with Gasteiger partial charge < -0.3 is 14.8 Å². The van der Waals surface area contributed by atoms with Crippen molar-refractivity contribution in [3.63, 3.8) is 0 Å². The summed E-state index contributed by atoms with van der Waals surface area (Å²) in [6.45, 7) is 3.84. The zero-order valence-corrected chi connectivity index (χ0v) is 15.3. The number of para-hydroxylation sites is 1. The number of benzene rings is 2. The average molecular weight is 359 g/mol. The van der Waals surface area contributed by atoms with E-state index in [0.29, 0.717) is 11.3 Å². The van der Waals surface area contributed by atoms with Crippen molar-refractivity contribution >= 4 is 29.3 Å². The molecule has 0 unspecified atom stereocenters. The van der Waals surface area contributed by atoms with Crippen LogP contribution in [0.2, 0.25) is 0 Å². The molecule has 0 aliphatic heterocycles. The number of hydrogen-bond acceptors (Lipinski definition) is 5. The minimum atomic E-state index is -0.450. The Labute approximate surface area is 151 Å². The largest absolute Gasteiger partial charge is 0.497 e. The van der Waals surface area contributed by atoms with E-state index >= 15 is 0 Å². The molecule has 1 N–H and O–H groups in total. The molecule has 6 heteroatoms. The Morgan fingerprint density at radius 2 is 1.80 bits per heavy atom. The highest BCUT2D eigenvalue weighted by Crippen LogP contribution is 2.26. The van der Waals surface area contributed by atoms with Crippen molar-refractivity contribution in [3.05, 3.63) is 54.1 Å². The van der Waals surface area contributed by atoms with Gasteiger partial charge in [0.2, 0.25) is 5.91 Å². The summed E-state index contributed by atoms with van der Waals surface area (Å²) < 4.78 is 10.1. The predicted octanol–water partition coefficient (Wildman–Crippen LogP) is 3.99. The number of hydrogen-bond donors (Lipinski definition) is 1. The Balaban J connectivity index is 2.04. The fourth-order valence-corrected chi connectivity index (χ4v) is 2.99. The van der Waals surface area contributed by atoms with Crippen LogP contribution in [0.3, 0.4) is 0 Å². The molecule has 2 aromatic rings. The van der Waals surface area contributed by atoms with Crippen LogP contribution in [-0.4, -0.2) is 30.8 Å². The van der Waals surface area contributed by atoms with E-state index in [0.717, 1.165) is 10.6 Å². The summed E-state index contributed by atoms with van der Waals surface area (Å²) >= 11 is 1.43. The highest BCUT2D eigenvalue weighted by atomic mass is 32.2. The number of amides is 1. The SMILES string of the molecule is CCOC(=O)c1ccccc1NC(=O)[C@@H](C)Sc1ccc(OC)cc1. The second-order valence-corrected chi connectivity index (χ2v) is 6.61. The van der Waals surface area contributed by atoms with E-state index < -0.39 is 5.97 Å². The Hall–Kier alpha value is -2.47. The highest BCUT2D eigenvalue weighted by Gasteiger charge is 2.18. The minimum Gasteiger partial charge on any atom is -0.497 e. The molecule has 132 valence electrons. The van der Waals surface area contributed by atoms with Crippen molar-refractivity contribution in [2.45, 2.75) is 24.0 Å². The van der Waals surface area contributed by atoms with Gasteiger partial charge in [-0.05, 0) is 50.2 Å². The predicted molar refractivity (Wildman–Crippen MR) is 99.3 cm³/mol. The molecule has 0 bridgehead atoms. The molecule has 2 rings (SSSR count). The summed E-state index contributed by atoms with van der Waals surface area (Å²) in [7, 11) is 1.61. The molecule has 0 fully saturated rings. The van der Waals surface area contributed by atoms with E-state index in [1.54, 1.807) is 38.3 Å². The smallest absolute Gasteiger partial charge is 0.340 e. The maximum atomic E-state index is 12.5. The first-order chi connectivity index (χ1) is 12.0. The summed E-state index contributed by atoms with van der Waals surface area (Å²) in [6.07, 6.45) is 0. The number of rotatable bonds is 7. The standard InChI is InChI=1S/C19H21NO4S/c1-4-24-19(22)16-7-5-6-8-17(16)20-18(21)13(2)25-15-11-9-14(23-3)10-12-15/h5-13H,4H2,1-3H3,(H,20,21)/t13-/m1/s1. The average Bonchev–Trinajstić information content (AvgIpc) is 2.63. The van der Waals surface area contributed by atoms with Gasteiger partial charge in [-0.1, -0.05) is 12.1 Å². The lowest BCUT2D eigenvalue weighted by molar-refractivity contribution is -0.115. The first-order valence-electron chi connectivity index (χ1n) is 7.93. The van der Waals surface area contributed by atoms with Gasteiger partial charge in [-0.3, -0.25) is 4.79 Å². The second-order valence-electron chi connectivity index (χ2n) is 5.19. The lowest BCUT2D eigenvalue weighted by atomic mass is 10.1. The van der Waals surface area contributed by atoms with Crippen LogP contribution in [0.4, 0.5) is 5.69 Å². The molecule has 25 heavy (non-hydrogen) atoms. The van der Waals surface area contributed by atoms with Gasteiger partial charge in [-0.15, -0.1) is 11.8 Å². The zero-order valence-electron chi connectivity index (χ0n) is 14.4. The number of thioether (sulfide) groups is 1. The number of ether oxygens (including phenoxy) is 2. The summed E-state index contributed by atoms with van der Waals surface area (Å²) in [5, 5.41) is 2.48. The number of carbonyl (C=O) groups excluding carboxylic acids is 2. The molecular weight excluding hydrogens is 338 g/mol. The van der Waals surface area contributed by atoms with Crippen LogP contribution in [0.5, 0.6) is 5.75 Å². The summed E-state index contributed by atoms with van der Waals surface area (Å²) in [5.74, 6) is 0.135. The molecule has 0 aliphatic carbocycles. The highest BCUT2D eigenvalue weighted by molar-refractivity contribution is 8.00. The topological polar surface area (TPSA) is 64.6 Å². The Morgan fingerprint density at radius 1 is 1.12 bits per heavy atom. The van der Waals surface area contributed by atoms with Crippen LogP contribution in [0, 0.1) is 0 Å². The van der Waals surface area contributed by atoms with E-state index in [1.165, 1.54) is 11.8 Å². The minimum absolute atomic E-state index is 0.183. The van der Waals surface area contributed by atoms with Gasteiger partial charge in [-0.25, -0.2) is 4.79 Å². The van der Waals surface area contributed by atoms with Crippen molar-refractivity contribution < 1.29 is 19.1 Å². The van der Waals surface area contributed by atoms with Gasteiger partial charge in [-0.2, -0.15) is 0 Å². The van der Waals surface area contributed by atoms with Gasteiger partial charge in [0.25, 0.3) is 0 Å². The fourth-order valence-electron chi connectivity index (χ4n) is 2.13. The Morgan fingerprint density at radius 3 is 2.44 bits per heavy atom. The van der Waals surface area contributed by atoms with Crippen LogP contribution in [0.25, 0.3) is 0 Å². The lowest BCUT2D eigenvalue weighted by Crippen LogP contribution is -2.23. The van der Waals surface area contributed by atoms with Gasteiger partial charge in [0, 0.05) is 4.90 Å². The van der Waals surface area contributed by atoms with Crippen molar-refractivity contribution in [2.24, 2.45) is 0 Å². The zero-order chi connectivity index (χ0) is 18.2. The third-order valence-electron chi connectivity index (χ3n) is 3.42. The summed E-state index contributed by atoms with van der Waals surface area (Å²) in [4.78, 5) is 25.4. The van der Waals surface area contributed by atoms with Crippen LogP contribution in [0.15, 0.2) is 53.4 Å². The number of nitrogens with one attached hydrogen (secondary N) is 1. The van der Waals surface area contributed by atoms with E-state index in [4.69, 9.17) is 9.47 Å². The number of esters is 1. The van der Waals surface area contributed by atoms with Crippen molar-refractivity contribution in [1.82, 2.24) is 0 Å². The van der Waals surface area contributed by atoms with Crippen molar-refractivity contribution in [2.75, 3.05) is 19.0 Å². The van der Waals surface area contributed by atoms with E-state index in [1.807, 2.05) is 31.2 Å². The van der Waals surface area contributed by atoms with Crippen molar-refractivity contribution in [1.29, 1.82) is 0 Å². The molecule has 0 saturated heterocycles. The van der Waals surface area contributed by atoms with Gasteiger partial charge >= 0.3 is 5.97 Å². The molecule has 5 nitrogen and oxygen atoms in total. The molecule has 0 saturated carbocycles. The number of carbonyl (C=O) groups is 2. The van der Waals surface area contributed by atoms with Gasteiger partial charge in [0.05, 0.1) is 30.2 Å². The third kappa shape index (κ3) is 5.26. The van der Waals surface area contributed by atoms with Crippen molar-refractivity contribution in [3.8, 4) is 5.75 Å². The molecule has 0 spiro atoms. The van der Waals surface area contributed by atoms with Gasteiger partial charge in [0.1, 0.15) is 5.75 Å². The second kappa shape index (κ2) is 9.13. The third-order valence-corrected chi connectivity index (χ3v) is 4.53.